The first-order valence-corrected chi connectivity index (χ1v) is 5.24. The topological polar surface area (TPSA) is 86.7 Å². The number of hydrogen-bond donors (Lipinski definition) is 2. The van der Waals surface area contributed by atoms with Crippen molar-refractivity contribution in [2.24, 2.45) is 0 Å². The molecule has 2 N–H and O–H groups in total. The third kappa shape index (κ3) is 3.58. The van der Waals surface area contributed by atoms with E-state index in [1.807, 2.05) is 0 Å². The van der Waals surface area contributed by atoms with Crippen LogP contribution in [0.4, 0.5) is 5.69 Å². The molecule has 0 fully saturated rings. The number of amides is 2. The summed E-state index contributed by atoms with van der Waals surface area (Å²) in [4.78, 5) is 34.9. The van der Waals surface area contributed by atoms with Crippen LogP contribution in [0.1, 0.15) is 16.8 Å². The van der Waals surface area contributed by atoms with E-state index in [-0.39, 0.29) is 5.91 Å². The number of aliphatic carboxylic acids is 1. The van der Waals surface area contributed by atoms with Gasteiger partial charge in [0.25, 0.3) is 5.91 Å². The molecule has 0 heterocycles. The molecule has 1 aromatic rings. The fourth-order valence-electron chi connectivity index (χ4n) is 1.35. The second kappa shape index (κ2) is 5.81. The first kappa shape index (κ1) is 13.7. The Morgan fingerprint density at radius 2 is 1.83 bits per heavy atom. The van der Waals surface area contributed by atoms with E-state index in [0.717, 1.165) is 0 Å². The summed E-state index contributed by atoms with van der Waals surface area (Å²) in [5.41, 5.74) is 0.628. The van der Waals surface area contributed by atoms with Crippen LogP contribution in [-0.2, 0) is 9.59 Å². The van der Waals surface area contributed by atoms with Crippen molar-refractivity contribution >= 4 is 23.5 Å². The third-order valence-electron chi connectivity index (χ3n) is 2.15. The fraction of sp³-hybridized carbons (Fsp3) is 0.250. The number of anilines is 1. The molecule has 6 nitrogen and oxygen atoms in total. The van der Waals surface area contributed by atoms with E-state index in [0.29, 0.717) is 11.3 Å². The molecule has 0 aliphatic rings. The van der Waals surface area contributed by atoms with Gasteiger partial charge in [-0.15, -0.1) is 0 Å². The number of para-hydroxylation sites is 1. The lowest BCUT2D eigenvalue weighted by Crippen LogP contribution is -2.24. The molecular weight excluding hydrogens is 236 g/mol. The number of nitrogens with zero attached hydrogens (tertiary/aromatic N) is 1. The predicted molar refractivity (Wildman–Crippen MR) is 65.3 cm³/mol. The lowest BCUT2D eigenvalue weighted by Gasteiger charge is -2.14. The van der Waals surface area contributed by atoms with Gasteiger partial charge in [-0.25, -0.2) is 0 Å². The highest BCUT2D eigenvalue weighted by Crippen LogP contribution is 2.16. The average molecular weight is 250 g/mol. The van der Waals surface area contributed by atoms with E-state index < -0.39 is 18.3 Å². The Balaban J connectivity index is 2.92. The molecule has 1 rings (SSSR count). The van der Waals surface area contributed by atoms with E-state index in [2.05, 4.69) is 5.32 Å². The van der Waals surface area contributed by atoms with Crippen LogP contribution in [0, 0.1) is 0 Å². The van der Waals surface area contributed by atoms with Gasteiger partial charge in [0.1, 0.15) is 6.42 Å². The van der Waals surface area contributed by atoms with Gasteiger partial charge < -0.3 is 15.3 Å². The van der Waals surface area contributed by atoms with Gasteiger partial charge in [-0.2, -0.15) is 0 Å². The smallest absolute Gasteiger partial charge is 0.312 e. The number of carboxylic acid groups (broad SMARTS) is 1. The van der Waals surface area contributed by atoms with E-state index in [9.17, 15) is 14.4 Å². The van der Waals surface area contributed by atoms with Crippen molar-refractivity contribution in [2.75, 3.05) is 19.4 Å². The molecule has 0 saturated carbocycles. The lowest BCUT2D eigenvalue weighted by atomic mass is 10.1. The van der Waals surface area contributed by atoms with Crippen LogP contribution < -0.4 is 5.32 Å². The van der Waals surface area contributed by atoms with Crippen LogP contribution in [0.25, 0.3) is 0 Å². The van der Waals surface area contributed by atoms with Crippen molar-refractivity contribution in [2.45, 2.75) is 6.42 Å². The van der Waals surface area contributed by atoms with E-state index in [1.54, 1.807) is 38.4 Å². The monoisotopic (exact) mass is 250 g/mol. The molecule has 0 atom stereocenters. The highest BCUT2D eigenvalue weighted by molar-refractivity contribution is 6.06. The standard InChI is InChI=1S/C12H14N2O4/c1-14(2)12(18)8-5-3-4-6-9(8)13-10(15)7-11(16)17/h3-6H,7H2,1-2H3,(H,13,15)(H,16,17). The second-order valence-electron chi connectivity index (χ2n) is 3.86. The lowest BCUT2D eigenvalue weighted by molar-refractivity contribution is -0.139. The van der Waals surface area contributed by atoms with E-state index in [1.165, 1.54) is 4.90 Å². The van der Waals surface area contributed by atoms with Crippen molar-refractivity contribution < 1.29 is 19.5 Å². The van der Waals surface area contributed by atoms with Crippen molar-refractivity contribution in [1.29, 1.82) is 0 Å². The zero-order valence-electron chi connectivity index (χ0n) is 10.1. The van der Waals surface area contributed by atoms with Crippen molar-refractivity contribution in [3.63, 3.8) is 0 Å². The summed E-state index contributed by atoms with van der Waals surface area (Å²) in [6, 6.07) is 6.45. The summed E-state index contributed by atoms with van der Waals surface area (Å²) in [5, 5.41) is 10.9. The molecule has 6 heteroatoms. The molecule has 0 aromatic heterocycles. The molecule has 1 aromatic carbocycles. The van der Waals surface area contributed by atoms with E-state index >= 15 is 0 Å². The molecule has 18 heavy (non-hydrogen) atoms. The molecule has 0 bridgehead atoms. The van der Waals surface area contributed by atoms with Crippen molar-refractivity contribution in [3.05, 3.63) is 29.8 Å². The van der Waals surface area contributed by atoms with Gasteiger partial charge in [-0.3, -0.25) is 14.4 Å². The fourth-order valence-corrected chi connectivity index (χ4v) is 1.35. The molecule has 0 spiro atoms. The normalized spacial score (nSPS) is 9.67. The summed E-state index contributed by atoms with van der Waals surface area (Å²) in [6.07, 6.45) is -0.634. The highest BCUT2D eigenvalue weighted by Gasteiger charge is 2.15. The minimum absolute atomic E-state index is 0.263. The summed E-state index contributed by atoms with van der Waals surface area (Å²) < 4.78 is 0. The Morgan fingerprint density at radius 1 is 1.22 bits per heavy atom. The maximum atomic E-state index is 11.8. The highest BCUT2D eigenvalue weighted by atomic mass is 16.4. The zero-order chi connectivity index (χ0) is 13.7. The molecule has 96 valence electrons. The number of hydrogen-bond acceptors (Lipinski definition) is 3. The first-order chi connectivity index (χ1) is 8.41. The Morgan fingerprint density at radius 3 is 2.39 bits per heavy atom. The molecule has 0 aliphatic heterocycles. The quantitative estimate of drug-likeness (QED) is 0.774. The number of carbonyl (C=O) groups is 3. The SMILES string of the molecule is CN(C)C(=O)c1ccccc1NC(=O)CC(=O)O. The second-order valence-corrected chi connectivity index (χ2v) is 3.86. The Hall–Kier alpha value is -2.37. The van der Waals surface area contributed by atoms with Crippen LogP contribution in [0.15, 0.2) is 24.3 Å². The van der Waals surface area contributed by atoms with Gasteiger partial charge in [0.05, 0.1) is 11.3 Å². The maximum absolute atomic E-state index is 11.8. The minimum Gasteiger partial charge on any atom is -0.481 e. The van der Waals surface area contributed by atoms with Gasteiger partial charge in [-0.05, 0) is 12.1 Å². The molecule has 2 amide bonds. The van der Waals surface area contributed by atoms with Gasteiger partial charge >= 0.3 is 5.97 Å². The van der Waals surface area contributed by atoms with Crippen LogP contribution in [0.2, 0.25) is 0 Å². The number of carbonyl (C=O) groups excluding carboxylic acids is 2. The number of carboxylic acids is 1. The molecule has 0 aliphatic carbocycles. The molecule has 0 unspecified atom stereocenters. The van der Waals surface area contributed by atoms with Crippen LogP contribution >= 0.6 is 0 Å². The van der Waals surface area contributed by atoms with Gasteiger partial charge in [-0.1, -0.05) is 12.1 Å². The molecular formula is C12H14N2O4. The summed E-state index contributed by atoms with van der Waals surface area (Å²) in [5.74, 6) is -2.15. The first-order valence-electron chi connectivity index (χ1n) is 5.24. The molecule has 0 saturated heterocycles. The van der Waals surface area contributed by atoms with Gasteiger partial charge in [0, 0.05) is 14.1 Å². The van der Waals surface area contributed by atoms with Crippen LogP contribution in [-0.4, -0.2) is 41.9 Å². The van der Waals surface area contributed by atoms with Crippen molar-refractivity contribution in [1.82, 2.24) is 4.90 Å². The average Bonchev–Trinajstić information content (AvgIpc) is 2.27. The Kier molecular flexibility index (Phi) is 4.42. The predicted octanol–water partition coefficient (Wildman–Crippen LogP) is 0.802. The zero-order valence-corrected chi connectivity index (χ0v) is 10.1. The largest absolute Gasteiger partial charge is 0.481 e. The summed E-state index contributed by atoms with van der Waals surface area (Å²) in [7, 11) is 3.19. The Labute approximate surface area is 104 Å². The molecule has 0 radical (unpaired) electrons. The van der Waals surface area contributed by atoms with E-state index in [4.69, 9.17) is 5.11 Å². The number of rotatable bonds is 4. The summed E-state index contributed by atoms with van der Waals surface area (Å²) in [6.45, 7) is 0. The maximum Gasteiger partial charge on any atom is 0.312 e. The number of nitrogens with one attached hydrogen (secondary N) is 1. The summed E-state index contributed by atoms with van der Waals surface area (Å²) >= 11 is 0. The Bertz CT molecular complexity index is 483. The minimum atomic E-state index is -1.22. The van der Waals surface area contributed by atoms with Crippen LogP contribution in [0.3, 0.4) is 0 Å². The van der Waals surface area contributed by atoms with Crippen LogP contribution in [0.5, 0.6) is 0 Å². The third-order valence-corrected chi connectivity index (χ3v) is 2.15. The number of benzene rings is 1. The van der Waals surface area contributed by atoms with Gasteiger partial charge in [0.15, 0.2) is 0 Å². The van der Waals surface area contributed by atoms with Gasteiger partial charge in [0.2, 0.25) is 5.91 Å². The van der Waals surface area contributed by atoms with Crippen molar-refractivity contribution in [3.8, 4) is 0 Å².